The van der Waals surface area contributed by atoms with Crippen molar-refractivity contribution in [3.8, 4) is 11.1 Å². The van der Waals surface area contributed by atoms with E-state index in [-0.39, 0.29) is 12.5 Å². The molecule has 0 atom stereocenters. The second-order valence-corrected chi connectivity index (χ2v) is 9.65. The molecule has 1 aliphatic carbocycles. The monoisotopic (exact) mass is 499 g/mol. The van der Waals surface area contributed by atoms with Crippen LogP contribution < -0.4 is 15.5 Å². The van der Waals surface area contributed by atoms with E-state index in [0.717, 1.165) is 54.1 Å². The molecule has 2 N–H and O–H groups in total. The highest BCUT2D eigenvalue weighted by atomic mass is 16.5. The molecule has 1 aliphatic heterocycles. The smallest absolute Gasteiger partial charge is 0.411 e. The maximum atomic E-state index is 13.1. The molecule has 1 heterocycles. The Balaban J connectivity index is 1.42. The quantitative estimate of drug-likeness (QED) is 0.472. The molecule has 1 fully saturated rings. The fourth-order valence-corrected chi connectivity index (χ4v) is 5.90. The number of esters is 1. The largest absolute Gasteiger partial charge is 0.465 e. The molecule has 5 rings (SSSR count). The average molecular weight is 500 g/mol. The Bertz CT molecular complexity index is 1320. The molecule has 3 aromatic carbocycles. The van der Waals surface area contributed by atoms with E-state index >= 15 is 0 Å². The Morgan fingerprint density at radius 1 is 0.919 bits per heavy atom. The lowest BCUT2D eigenvalue weighted by Gasteiger charge is -2.34. The predicted molar refractivity (Wildman–Crippen MR) is 146 cm³/mol. The van der Waals surface area contributed by atoms with E-state index in [4.69, 9.17) is 9.47 Å². The zero-order chi connectivity index (χ0) is 26.1. The van der Waals surface area contributed by atoms with Gasteiger partial charge in [0, 0.05) is 37.8 Å². The summed E-state index contributed by atoms with van der Waals surface area (Å²) in [6.07, 6.45) is -0.543. The van der Waals surface area contributed by atoms with Gasteiger partial charge in [-0.15, -0.1) is 0 Å². The van der Waals surface area contributed by atoms with Gasteiger partial charge in [0.25, 0.3) is 0 Å². The minimum absolute atomic E-state index is 0.0274. The van der Waals surface area contributed by atoms with Gasteiger partial charge in [0.05, 0.1) is 18.4 Å². The summed E-state index contributed by atoms with van der Waals surface area (Å²) in [5.41, 5.74) is 9.17. The number of piperazine rings is 1. The van der Waals surface area contributed by atoms with Crippen LogP contribution in [0.25, 0.3) is 11.1 Å². The molecule has 192 valence electrons. The maximum Gasteiger partial charge on any atom is 0.411 e. The fraction of sp³-hybridized carbons (Fsp3) is 0.333. The second-order valence-electron chi connectivity index (χ2n) is 9.65. The zero-order valence-corrected chi connectivity index (χ0v) is 21.8. The highest BCUT2D eigenvalue weighted by molar-refractivity contribution is 6.00. The van der Waals surface area contributed by atoms with E-state index in [2.05, 4.69) is 39.8 Å². The summed E-state index contributed by atoms with van der Waals surface area (Å²) in [5.74, 6) is -0.442. The standard InChI is InChI=1S/C30H33N3O4/c1-18-26(29(34)36-4)19(2)28(33-15-13-31-14-16-33)20(3)27(18)32-30(35)37-17-25-23-11-7-5-9-21(23)22-10-6-8-12-24(22)25/h5-12,25,31H,13-17H2,1-4H3,(H,32,35). The number of nitrogens with one attached hydrogen (secondary N) is 2. The van der Waals surface area contributed by atoms with Crippen LogP contribution in [-0.4, -0.2) is 52.0 Å². The number of carbonyl (C=O) groups excluding carboxylic acids is 2. The van der Waals surface area contributed by atoms with Crippen LogP contribution >= 0.6 is 0 Å². The molecule has 0 bridgehead atoms. The Labute approximate surface area is 217 Å². The molecule has 2 aliphatic rings. The fourth-order valence-electron chi connectivity index (χ4n) is 5.90. The number of carbonyl (C=O) groups is 2. The Kier molecular flexibility index (Phi) is 6.89. The summed E-state index contributed by atoms with van der Waals surface area (Å²) in [7, 11) is 1.38. The summed E-state index contributed by atoms with van der Waals surface area (Å²) in [5, 5.41) is 6.33. The van der Waals surface area contributed by atoms with Crippen LogP contribution in [0.15, 0.2) is 48.5 Å². The number of anilines is 2. The average Bonchev–Trinajstić information content (AvgIpc) is 3.24. The van der Waals surface area contributed by atoms with E-state index < -0.39 is 12.1 Å². The number of benzene rings is 3. The van der Waals surface area contributed by atoms with E-state index in [1.165, 1.54) is 18.2 Å². The normalized spacial score (nSPS) is 14.6. The van der Waals surface area contributed by atoms with Crippen molar-refractivity contribution in [1.82, 2.24) is 5.32 Å². The first-order chi connectivity index (χ1) is 17.9. The minimum atomic E-state index is -0.543. The third kappa shape index (κ3) is 4.44. The van der Waals surface area contributed by atoms with Crippen molar-refractivity contribution in [2.24, 2.45) is 0 Å². The predicted octanol–water partition coefficient (Wildman–Crippen LogP) is 5.17. The summed E-state index contributed by atoms with van der Waals surface area (Å²) >= 11 is 0. The van der Waals surface area contributed by atoms with Crippen molar-refractivity contribution in [1.29, 1.82) is 0 Å². The van der Waals surface area contributed by atoms with Crippen LogP contribution in [0.3, 0.4) is 0 Å². The molecule has 1 saturated heterocycles. The maximum absolute atomic E-state index is 13.1. The van der Waals surface area contributed by atoms with E-state index in [9.17, 15) is 9.59 Å². The zero-order valence-electron chi connectivity index (χ0n) is 21.8. The van der Waals surface area contributed by atoms with Gasteiger partial charge >= 0.3 is 12.1 Å². The van der Waals surface area contributed by atoms with Crippen molar-refractivity contribution in [3.63, 3.8) is 0 Å². The first-order valence-corrected chi connectivity index (χ1v) is 12.7. The molecule has 7 heteroatoms. The number of fused-ring (bicyclic) bond motifs is 3. The van der Waals surface area contributed by atoms with Gasteiger partial charge in [0.15, 0.2) is 0 Å². The van der Waals surface area contributed by atoms with Crippen LogP contribution in [0.5, 0.6) is 0 Å². The van der Waals surface area contributed by atoms with Crippen LogP contribution in [0.2, 0.25) is 0 Å². The van der Waals surface area contributed by atoms with Crippen LogP contribution in [-0.2, 0) is 9.47 Å². The minimum Gasteiger partial charge on any atom is -0.465 e. The highest BCUT2D eigenvalue weighted by Gasteiger charge is 2.30. The third-order valence-electron chi connectivity index (χ3n) is 7.60. The van der Waals surface area contributed by atoms with E-state index in [0.29, 0.717) is 16.8 Å². The Hall–Kier alpha value is -3.84. The van der Waals surface area contributed by atoms with Crippen molar-refractivity contribution in [2.45, 2.75) is 26.7 Å². The molecule has 0 aromatic heterocycles. The first-order valence-electron chi connectivity index (χ1n) is 12.7. The number of rotatable bonds is 5. The number of amides is 1. The summed E-state index contributed by atoms with van der Waals surface area (Å²) in [4.78, 5) is 28.2. The van der Waals surface area contributed by atoms with Crippen molar-refractivity contribution in [3.05, 3.63) is 81.9 Å². The first kappa shape index (κ1) is 24.8. The SMILES string of the molecule is COC(=O)c1c(C)c(NC(=O)OCC2c3ccccc3-c3ccccc32)c(C)c(N2CCNCC2)c1C. The van der Waals surface area contributed by atoms with E-state index in [1.807, 2.05) is 45.0 Å². The summed E-state index contributed by atoms with van der Waals surface area (Å²) < 4.78 is 10.9. The van der Waals surface area contributed by atoms with Gasteiger partial charge in [-0.25, -0.2) is 9.59 Å². The van der Waals surface area contributed by atoms with Crippen molar-refractivity contribution < 1.29 is 19.1 Å². The van der Waals surface area contributed by atoms with Crippen molar-refractivity contribution in [2.75, 3.05) is 50.1 Å². The molecule has 0 unspecified atom stereocenters. The lowest BCUT2D eigenvalue weighted by atomic mass is 9.93. The number of methoxy groups -OCH3 is 1. The summed E-state index contributed by atoms with van der Waals surface area (Å²) in [6, 6.07) is 16.5. The molecular weight excluding hydrogens is 466 g/mol. The molecule has 1 amide bonds. The Morgan fingerprint density at radius 3 is 2.11 bits per heavy atom. The van der Waals surface area contributed by atoms with Gasteiger partial charge in [-0.1, -0.05) is 48.5 Å². The number of ether oxygens (including phenoxy) is 2. The van der Waals surface area contributed by atoms with Crippen molar-refractivity contribution >= 4 is 23.4 Å². The van der Waals surface area contributed by atoms with Crippen LogP contribution in [0.1, 0.15) is 44.1 Å². The molecule has 0 spiro atoms. The van der Waals surface area contributed by atoms with Gasteiger partial charge in [0.1, 0.15) is 6.61 Å². The van der Waals surface area contributed by atoms with Gasteiger partial charge in [-0.05, 0) is 59.7 Å². The third-order valence-corrected chi connectivity index (χ3v) is 7.60. The lowest BCUT2D eigenvalue weighted by molar-refractivity contribution is 0.0599. The van der Waals surface area contributed by atoms with Gasteiger partial charge in [0.2, 0.25) is 0 Å². The lowest BCUT2D eigenvalue weighted by Crippen LogP contribution is -2.44. The van der Waals surface area contributed by atoms with Gasteiger partial charge < -0.3 is 19.7 Å². The van der Waals surface area contributed by atoms with Crippen LogP contribution in [0, 0.1) is 20.8 Å². The molecule has 7 nitrogen and oxygen atoms in total. The van der Waals surface area contributed by atoms with E-state index in [1.54, 1.807) is 0 Å². The molecular formula is C30H33N3O4. The topological polar surface area (TPSA) is 79.9 Å². The molecule has 37 heavy (non-hydrogen) atoms. The molecule has 3 aromatic rings. The number of hydrogen-bond acceptors (Lipinski definition) is 6. The molecule has 0 radical (unpaired) electrons. The van der Waals surface area contributed by atoms with Crippen LogP contribution in [0.4, 0.5) is 16.2 Å². The molecule has 0 saturated carbocycles. The second kappa shape index (κ2) is 10.3. The number of nitrogens with zero attached hydrogens (tertiary/aromatic N) is 1. The summed E-state index contributed by atoms with van der Waals surface area (Å²) in [6.45, 7) is 9.33. The van der Waals surface area contributed by atoms with Gasteiger partial charge in [-0.2, -0.15) is 0 Å². The van der Waals surface area contributed by atoms with Gasteiger partial charge in [-0.3, -0.25) is 5.32 Å². The Morgan fingerprint density at radius 2 is 1.51 bits per heavy atom. The number of hydrogen-bond donors (Lipinski definition) is 2. The highest BCUT2D eigenvalue weighted by Crippen LogP contribution is 2.44.